The monoisotopic (exact) mass is 350 g/mol. The molecule has 0 spiro atoms. The van der Waals surface area contributed by atoms with Gasteiger partial charge >= 0.3 is 0 Å². The van der Waals surface area contributed by atoms with E-state index in [0.29, 0.717) is 16.8 Å². The van der Waals surface area contributed by atoms with E-state index in [1.54, 1.807) is 30.7 Å². The molecule has 0 aliphatic heterocycles. The Balaban J connectivity index is 2.13. The Hall–Kier alpha value is -1.69. The summed E-state index contributed by atoms with van der Waals surface area (Å²) in [4.78, 5) is 20.6. The number of amides is 1. The van der Waals surface area contributed by atoms with Crippen molar-refractivity contribution < 1.29 is 4.79 Å². The summed E-state index contributed by atoms with van der Waals surface area (Å²) in [5.74, 6) is -0.170. The maximum Gasteiger partial charge on any atom is 0.270 e. The second-order valence-electron chi connectivity index (χ2n) is 6.00. The molecule has 0 aromatic carbocycles. The fourth-order valence-electron chi connectivity index (χ4n) is 1.91. The Kier molecular flexibility index (Phi) is 4.77. The summed E-state index contributed by atoms with van der Waals surface area (Å²) in [6.07, 6.45) is 5.38. The van der Waals surface area contributed by atoms with E-state index in [4.69, 9.17) is 0 Å². The third-order valence-electron chi connectivity index (χ3n) is 3.25. The topological polar surface area (TPSA) is 59.8 Å². The van der Waals surface area contributed by atoms with Crippen LogP contribution >= 0.6 is 15.9 Å². The normalized spacial score (nSPS) is 13.0. The summed E-state index contributed by atoms with van der Waals surface area (Å²) in [6.45, 7) is 6.97. The molecule has 0 fully saturated rings. The fraction of sp³-hybridized carbons (Fsp3) is 0.400. The third kappa shape index (κ3) is 4.39. The van der Waals surface area contributed by atoms with Gasteiger partial charge in [-0.05, 0) is 33.5 Å². The van der Waals surface area contributed by atoms with Crippen LogP contribution in [0.3, 0.4) is 0 Å². The molecule has 0 radical (unpaired) electrons. The van der Waals surface area contributed by atoms with Gasteiger partial charge in [-0.1, -0.05) is 26.8 Å². The van der Waals surface area contributed by atoms with Gasteiger partial charge in [0.1, 0.15) is 10.3 Å². The number of imidazole rings is 1. The highest BCUT2D eigenvalue weighted by atomic mass is 79.9. The van der Waals surface area contributed by atoms with Crippen LogP contribution in [-0.4, -0.2) is 26.5 Å². The first kappa shape index (κ1) is 15.7. The molecule has 2 rings (SSSR count). The van der Waals surface area contributed by atoms with Gasteiger partial charge in [-0.2, -0.15) is 0 Å². The lowest BCUT2D eigenvalue weighted by atomic mass is 9.86. The average molecular weight is 351 g/mol. The number of pyridine rings is 1. The molecule has 1 N–H and O–H groups in total. The first-order valence-electron chi connectivity index (χ1n) is 6.75. The number of rotatable bonds is 4. The van der Waals surface area contributed by atoms with Gasteiger partial charge in [0.05, 0.1) is 12.4 Å². The predicted octanol–water partition coefficient (Wildman–Crippen LogP) is 2.89. The zero-order chi connectivity index (χ0) is 15.5. The molecule has 0 bridgehead atoms. The molecular formula is C15H19BrN4O. The quantitative estimate of drug-likeness (QED) is 0.862. The standard InChI is InChI=1S/C15H19BrN4O/c1-15(2,3)12(9-20-8-7-17-10-20)19-14(21)11-5-4-6-13(16)18-11/h4-8,10,12H,9H2,1-3H3,(H,19,21). The van der Waals surface area contributed by atoms with Crippen LogP contribution in [0.2, 0.25) is 0 Å². The van der Waals surface area contributed by atoms with Crippen LogP contribution in [0.15, 0.2) is 41.5 Å². The maximum absolute atomic E-state index is 12.4. The lowest BCUT2D eigenvalue weighted by Gasteiger charge is -2.31. The minimum absolute atomic E-state index is 0.0278. The molecule has 0 saturated heterocycles. The molecule has 2 aromatic heterocycles. The third-order valence-corrected chi connectivity index (χ3v) is 3.69. The number of hydrogen-bond acceptors (Lipinski definition) is 3. The first-order valence-corrected chi connectivity index (χ1v) is 7.55. The highest BCUT2D eigenvalue weighted by Crippen LogP contribution is 2.21. The zero-order valence-electron chi connectivity index (χ0n) is 12.4. The molecule has 5 nitrogen and oxygen atoms in total. The van der Waals surface area contributed by atoms with E-state index in [0.717, 1.165) is 0 Å². The molecule has 0 aliphatic rings. The fourth-order valence-corrected chi connectivity index (χ4v) is 2.25. The molecule has 2 aromatic rings. The summed E-state index contributed by atoms with van der Waals surface area (Å²) < 4.78 is 2.61. The van der Waals surface area contributed by atoms with Crippen LogP contribution < -0.4 is 5.32 Å². The molecule has 2 heterocycles. The van der Waals surface area contributed by atoms with Crippen LogP contribution in [0, 0.1) is 5.41 Å². The molecule has 1 amide bonds. The van der Waals surface area contributed by atoms with Crippen molar-refractivity contribution >= 4 is 21.8 Å². The number of nitrogens with one attached hydrogen (secondary N) is 1. The summed E-state index contributed by atoms with van der Waals surface area (Å²) >= 11 is 3.28. The van der Waals surface area contributed by atoms with Crippen molar-refractivity contribution in [2.45, 2.75) is 33.4 Å². The van der Waals surface area contributed by atoms with E-state index in [1.165, 1.54) is 0 Å². The minimum Gasteiger partial charge on any atom is -0.346 e. The summed E-state index contributed by atoms with van der Waals surface area (Å²) in [6, 6.07) is 5.27. The van der Waals surface area contributed by atoms with Gasteiger partial charge in [0.2, 0.25) is 0 Å². The Bertz CT molecular complexity index is 604. The molecule has 1 unspecified atom stereocenters. The van der Waals surface area contributed by atoms with Crippen molar-refractivity contribution in [1.82, 2.24) is 19.9 Å². The van der Waals surface area contributed by atoms with E-state index < -0.39 is 0 Å². The van der Waals surface area contributed by atoms with Crippen molar-refractivity contribution in [3.8, 4) is 0 Å². The van der Waals surface area contributed by atoms with Crippen molar-refractivity contribution in [2.75, 3.05) is 0 Å². The summed E-state index contributed by atoms with van der Waals surface area (Å²) in [7, 11) is 0. The molecule has 1 atom stereocenters. The Morgan fingerprint density at radius 2 is 2.19 bits per heavy atom. The maximum atomic E-state index is 12.4. The Morgan fingerprint density at radius 3 is 2.76 bits per heavy atom. The molecule has 0 aliphatic carbocycles. The molecular weight excluding hydrogens is 332 g/mol. The van der Waals surface area contributed by atoms with Gasteiger partial charge < -0.3 is 9.88 Å². The van der Waals surface area contributed by atoms with Gasteiger partial charge in [0.25, 0.3) is 5.91 Å². The number of carbonyl (C=O) groups excluding carboxylic acids is 1. The van der Waals surface area contributed by atoms with Crippen LogP contribution in [0.4, 0.5) is 0 Å². The van der Waals surface area contributed by atoms with Gasteiger partial charge in [-0.25, -0.2) is 9.97 Å². The Morgan fingerprint density at radius 1 is 1.43 bits per heavy atom. The molecule has 0 saturated carbocycles. The summed E-state index contributed by atoms with van der Waals surface area (Å²) in [5, 5.41) is 3.07. The highest BCUT2D eigenvalue weighted by molar-refractivity contribution is 9.10. The van der Waals surface area contributed by atoms with E-state index in [-0.39, 0.29) is 17.4 Å². The molecule has 21 heavy (non-hydrogen) atoms. The van der Waals surface area contributed by atoms with Gasteiger partial charge in [-0.15, -0.1) is 0 Å². The van der Waals surface area contributed by atoms with E-state index >= 15 is 0 Å². The number of hydrogen-bond donors (Lipinski definition) is 1. The van der Waals surface area contributed by atoms with E-state index in [1.807, 2.05) is 10.8 Å². The lowest BCUT2D eigenvalue weighted by molar-refractivity contribution is 0.0887. The van der Waals surface area contributed by atoms with Crippen molar-refractivity contribution in [3.63, 3.8) is 0 Å². The van der Waals surface area contributed by atoms with Crippen molar-refractivity contribution in [2.24, 2.45) is 5.41 Å². The number of carbonyl (C=O) groups is 1. The zero-order valence-corrected chi connectivity index (χ0v) is 14.0. The lowest BCUT2D eigenvalue weighted by Crippen LogP contribution is -2.46. The smallest absolute Gasteiger partial charge is 0.270 e. The number of halogens is 1. The number of aromatic nitrogens is 3. The van der Waals surface area contributed by atoms with Crippen LogP contribution in [0.5, 0.6) is 0 Å². The second-order valence-corrected chi connectivity index (χ2v) is 6.81. The van der Waals surface area contributed by atoms with E-state index in [9.17, 15) is 4.79 Å². The largest absolute Gasteiger partial charge is 0.346 e. The van der Waals surface area contributed by atoms with Crippen LogP contribution in [-0.2, 0) is 6.54 Å². The highest BCUT2D eigenvalue weighted by Gasteiger charge is 2.27. The Labute approximate surface area is 132 Å². The summed E-state index contributed by atoms with van der Waals surface area (Å²) in [5.41, 5.74) is 0.329. The molecule has 112 valence electrons. The average Bonchev–Trinajstić information content (AvgIpc) is 2.89. The van der Waals surface area contributed by atoms with Crippen LogP contribution in [0.25, 0.3) is 0 Å². The molecule has 6 heteroatoms. The first-order chi connectivity index (χ1) is 9.86. The van der Waals surface area contributed by atoms with Gasteiger partial charge in [0.15, 0.2) is 0 Å². The van der Waals surface area contributed by atoms with Crippen molar-refractivity contribution in [1.29, 1.82) is 0 Å². The van der Waals surface area contributed by atoms with E-state index in [2.05, 4.69) is 52.0 Å². The van der Waals surface area contributed by atoms with Gasteiger partial charge in [-0.3, -0.25) is 4.79 Å². The second kappa shape index (κ2) is 6.39. The van der Waals surface area contributed by atoms with Gasteiger partial charge in [0, 0.05) is 18.9 Å². The SMILES string of the molecule is CC(C)(C)C(Cn1ccnc1)NC(=O)c1cccc(Br)n1. The van der Waals surface area contributed by atoms with Crippen LogP contribution in [0.1, 0.15) is 31.3 Å². The van der Waals surface area contributed by atoms with Crippen molar-refractivity contribution in [3.05, 3.63) is 47.2 Å². The number of nitrogens with zero attached hydrogens (tertiary/aromatic N) is 3. The minimum atomic E-state index is -0.170. The predicted molar refractivity (Wildman–Crippen MR) is 84.9 cm³/mol.